The third-order valence-electron chi connectivity index (χ3n) is 3.64. The van der Waals surface area contributed by atoms with Gasteiger partial charge >= 0.3 is 0 Å². The van der Waals surface area contributed by atoms with Gasteiger partial charge in [-0.1, -0.05) is 17.2 Å². The minimum atomic E-state index is 0.0658. The Bertz CT molecular complexity index is 706. The van der Waals surface area contributed by atoms with Gasteiger partial charge in [0.15, 0.2) is 0 Å². The van der Waals surface area contributed by atoms with Gasteiger partial charge < -0.3 is 4.90 Å². The van der Waals surface area contributed by atoms with Gasteiger partial charge in [0.1, 0.15) is 12.7 Å². The van der Waals surface area contributed by atoms with Crippen molar-refractivity contribution in [2.75, 3.05) is 18.0 Å². The van der Waals surface area contributed by atoms with Gasteiger partial charge in [-0.2, -0.15) is 5.10 Å². The summed E-state index contributed by atoms with van der Waals surface area (Å²) in [4.78, 5) is 20.6. The molecule has 0 N–H and O–H groups in total. The Morgan fingerprint density at radius 1 is 1.45 bits per heavy atom. The zero-order chi connectivity index (χ0) is 15.4. The van der Waals surface area contributed by atoms with Crippen LogP contribution in [0.5, 0.6) is 0 Å². The molecule has 8 nitrogen and oxygen atoms in total. The average molecular weight is 297 g/mol. The van der Waals surface area contributed by atoms with E-state index in [-0.39, 0.29) is 11.8 Å². The number of aromatic nitrogens is 3. The Kier molecular flexibility index (Phi) is 4.02. The number of rotatable bonds is 5. The van der Waals surface area contributed by atoms with Gasteiger partial charge in [-0.25, -0.2) is 9.67 Å². The van der Waals surface area contributed by atoms with Crippen LogP contribution >= 0.6 is 0 Å². The maximum atomic E-state index is 12.1. The van der Waals surface area contributed by atoms with Crippen LogP contribution in [0.1, 0.15) is 12.0 Å². The largest absolute Gasteiger partial charge is 0.312 e. The number of azide groups is 1. The standard InChI is InChI=1S/C14H15N7O/c15-19-17-6-12-5-14(22)21(8-12)13-3-1-2-11(4-13)7-20-10-16-9-18-20/h1-4,9-10,12H,5-8H2. The summed E-state index contributed by atoms with van der Waals surface area (Å²) in [5.41, 5.74) is 10.3. The summed E-state index contributed by atoms with van der Waals surface area (Å²) < 4.78 is 1.73. The molecule has 0 bridgehead atoms. The summed E-state index contributed by atoms with van der Waals surface area (Å²) in [7, 11) is 0. The highest BCUT2D eigenvalue weighted by Gasteiger charge is 2.30. The average Bonchev–Trinajstić information content (AvgIpc) is 3.15. The lowest BCUT2D eigenvalue weighted by atomic mass is 10.1. The molecule has 1 atom stereocenters. The predicted octanol–water partition coefficient (Wildman–Crippen LogP) is 1.99. The quantitative estimate of drug-likeness (QED) is 0.479. The van der Waals surface area contributed by atoms with E-state index in [0.717, 1.165) is 11.3 Å². The summed E-state index contributed by atoms with van der Waals surface area (Å²) in [6.45, 7) is 1.56. The van der Waals surface area contributed by atoms with Gasteiger partial charge in [0.05, 0.1) is 6.54 Å². The number of hydrogen-bond donors (Lipinski definition) is 0. The minimum Gasteiger partial charge on any atom is -0.312 e. The lowest BCUT2D eigenvalue weighted by Crippen LogP contribution is -2.24. The lowest BCUT2D eigenvalue weighted by Gasteiger charge is -2.17. The smallest absolute Gasteiger partial charge is 0.227 e. The lowest BCUT2D eigenvalue weighted by molar-refractivity contribution is -0.117. The molecule has 0 radical (unpaired) electrons. The van der Waals surface area contributed by atoms with Crippen molar-refractivity contribution in [2.45, 2.75) is 13.0 Å². The Morgan fingerprint density at radius 2 is 2.36 bits per heavy atom. The molecule has 0 aliphatic carbocycles. The summed E-state index contributed by atoms with van der Waals surface area (Å²) in [5, 5.41) is 7.64. The summed E-state index contributed by atoms with van der Waals surface area (Å²) >= 11 is 0. The van der Waals surface area contributed by atoms with Crippen molar-refractivity contribution < 1.29 is 4.79 Å². The number of benzene rings is 1. The Hall–Kier alpha value is -2.86. The van der Waals surface area contributed by atoms with Crippen molar-refractivity contribution in [3.63, 3.8) is 0 Å². The fourth-order valence-electron chi connectivity index (χ4n) is 2.63. The van der Waals surface area contributed by atoms with Crippen LogP contribution in [-0.4, -0.2) is 33.8 Å². The van der Waals surface area contributed by atoms with E-state index in [2.05, 4.69) is 20.1 Å². The first kappa shape index (κ1) is 14.1. The fraction of sp³-hybridized carbons (Fsp3) is 0.357. The van der Waals surface area contributed by atoms with Crippen LogP contribution < -0.4 is 4.90 Å². The van der Waals surface area contributed by atoms with Crippen LogP contribution in [0.2, 0.25) is 0 Å². The molecular formula is C14H15N7O. The molecule has 1 unspecified atom stereocenters. The molecule has 22 heavy (non-hydrogen) atoms. The molecule has 1 aromatic carbocycles. The molecule has 0 saturated carbocycles. The van der Waals surface area contributed by atoms with E-state index in [1.807, 2.05) is 24.3 Å². The number of hydrogen-bond acceptors (Lipinski definition) is 4. The normalized spacial score (nSPS) is 17.5. The maximum absolute atomic E-state index is 12.1. The molecule has 1 aromatic heterocycles. The number of carbonyl (C=O) groups excluding carboxylic acids is 1. The van der Waals surface area contributed by atoms with Crippen LogP contribution in [0.4, 0.5) is 5.69 Å². The molecule has 1 saturated heterocycles. The molecule has 1 aliphatic rings. The van der Waals surface area contributed by atoms with Crippen LogP contribution in [-0.2, 0) is 11.3 Å². The molecule has 0 spiro atoms. The van der Waals surface area contributed by atoms with E-state index in [9.17, 15) is 4.79 Å². The number of anilines is 1. The first-order valence-electron chi connectivity index (χ1n) is 6.99. The van der Waals surface area contributed by atoms with E-state index in [1.54, 1.807) is 15.9 Å². The predicted molar refractivity (Wildman–Crippen MR) is 80.0 cm³/mol. The molecule has 2 aromatic rings. The molecular weight excluding hydrogens is 282 g/mol. The molecule has 1 fully saturated rings. The second-order valence-electron chi connectivity index (χ2n) is 5.25. The van der Waals surface area contributed by atoms with Crippen LogP contribution in [0.3, 0.4) is 0 Å². The van der Waals surface area contributed by atoms with Crippen molar-refractivity contribution in [1.29, 1.82) is 0 Å². The summed E-state index contributed by atoms with van der Waals surface area (Å²) in [6, 6.07) is 7.81. The zero-order valence-corrected chi connectivity index (χ0v) is 11.9. The number of carbonyl (C=O) groups is 1. The third-order valence-corrected chi connectivity index (χ3v) is 3.64. The van der Waals surface area contributed by atoms with Crippen molar-refractivity contribution in [3.05, 3.63) is 52.9 Å². The van der Waals surface area contributed by atoms with E-state index >= 15 is 0 Å². The Morgan fingerprint density at radius 3 is 3.14 bits per heavy atom. The highest BCUT2D eigenvalue weighted by molar-refractivity contribution is 5.95. The highest BCUT2D eigenvalue weighted by Crippen LogP contribution is 2.26. The first-order valence-corrected chi connectivity index (χ1v) is 6.99. The van der Waals surface area contributed by atoms with Crippen LogP contribution in [0.15, 0.2) is 42.0 Å². The SMILES string of the molecule is [N-]=[N+]=NCC1CC(=O)N(c2cccc(Cn3cncn3)c2)C1. The maximum Gasteiger partial charge on any atom is 0.227 e. The molecule has 1 amide bonds. The second-order valence-corrected chi connectivity index (χ2v) is 5.25. The van der Waals surface area contributed by atoms with E-state index < -0.39 is 0 Å². The van der Waals surface area contributed by atoms with Gasteiger partial charge in [0.2, 0.25) is 5.91 Å². The van der Waals surface area contributed by atoms with Gasteiger partial charge in [0, 0.05) is 30.1 Å². The Balaban J connectivity index is 1.74. The highest BCUT2D eigenvalue weighted by atomic mass is 16.2. The van der Waals surface area contributed by atoms with Gasteiger partial charge in [-0.15, -0.1) is 0 Å². The third kappa shape index (κ3) is 3.07. The Labute approximate surface area is 127 Å². The molecule has 2 heterocycles. The molecule has 112 valence electrons. The van der Waals surface area contributed by atoms with Gasteiger partial charge in [-0.05, 0) is 29.1 Å². The van der Waals surface area contributed by atoms with Crippen molar-refractivity contribution >= 4 is 11.6 Å². The minimum absolute atomic E-state index is 0.0658. The van der Waals surface area contributed by atoms with E-state index in [1.165, 1.54) is 6.33 Å². The van der Waals surface area contributed by atoms with Crippen LogP contribution in [0.25, 0.3) is 10.4 Å². The van der Waals surface area contributed by atoms with E-state index in [0.29, 0.717) is 26.1 Å². The number of nitrogens with zero attached hydrogens (tertiary/aromatic N) is 7. The second kappa shape index (κ2) is 6.28. The van der Waals surface area contributed by atoms with Gasteiger partial charge in [0.25, 0.3) is 0 Å². The zero-order valence-electron chi connectivity index (χ0n) is 11.9. The van der Waals surface area contributed by atoms with Crippen molar-refractivity contribution in [3.8, 4) is 0 Å². The molecule has 8 heteroatoms. The topological polar surface area (TPSA) is 99.8 Å². The monoisotopic (exact) mass is 297 g/mol. The molecule has 3 rings (SSSR count). The first-order chi connectivity index (χ1) is 10.8. The molecule has 1 aliphatic heterocycles. The van der Waals surface area contributed by atoms with Crippen molar-refractivity contribution in [1.82, 2.24) is 14.8 Å². The summed E-state index contributed by atoms with van der Waals surface area (Å²) in [5.74, 6) is 0.151. The van der Waals surface area contributed by atoms with Crippen LogP contribution in [0, 0.1) is 5.92 Å². The number of amides is 1. The summed E-state index contributed by atoms with van der Waals surface area (Å²) in [6.07, 6.45) is 3.57. The van der Waals surface area contributed by atoms with E-state index in [4.69, 9.17) is 5.53 Å². The van der Waals surface area contributed by atoms with Gasteiger partial charge in [-0.3, -0.25) is 4.79 Å². The van der Waals surface area contributed by atoms with Crippen molar-refractivity contribution in [2.24, 2.45) is 11.0 Å². The fourth-order valence-corrected chi connectivity index (χ4v) is 2.63.